The number of benzene rings is 1. The summed E-state index contributed by atoms with van der Waals surface area (Å²) in [6.45, 7) is 6.72. The molecule has 5 nitrogen and oxygen atoms in total. The number of carbonyl (C=O) groups is 1. The van der Waals surface area contributed by atoms with Crippen molar-refractivity contribution < 1.29 is 13.2 Å². The van der Waals surface area contributed by atoms with Crippen molar-refractivity contribution in [1.82, 2.24) is 9.62 Å². The van der Waals surface area contributed by atoms with Gasteiger partial charge in [0.2, 0.25) is 10.0 Å². The molecule has 2 unspecified atom stereocenters. The Morgan fingerprint density at radius 3 is 2.76 bits per heavy atom. The van der Waals surface area contributed by atoms with Gasteiger partial charge in [0.15, 0.2) is 5.78 Å². The summed E-state index contributed by atoms with van der Waals surface area (Å²) in [7, 11) is -3.57. The van der Waals surface area contributed by atoms with Crippen LogP contribution in [-0.2, 0) is 10.0 Å². The van der Waals surface area contributed by atoms with E-state index in [4.69, 9.17) is 0 Å². The first-order valence-corrected chi connectivity index (χ1v) is 8.70. The third-order valence-corrected chi connectivity index (χ3v) is 6.04. The molecule has 1 N–H and O–H groups in total. The van der Waals surface area contributed by atoms with Crippen molar-refractivity contribution in [2.45, 2.75) is 44.2 Å². The third kappa shape index (κ3) is 3.17. The minimum atomic E-state index is -3.57. The Morgan fingerprint density at radius 1 is 1.38 bits per heavy atom. The maximum Gasteiger partial charge on any atom is 0.243 e. The lowest BCUT2D eigenvalue weighted by atomic mass is 10.1. The van der Waals surface area contributed by atoms with Crippen LogP contribution in [0.3, 0.4) is 0 Å². The molecule has 0 aromatic heterocycles. The quantitative estimate of drug-likeness (QED) is 0.859. The van der Waals surface area contributed by atoms with Gasteiger partial charge in [-0.05, 0) is 26.0 Å². The molecule has 0 amide bonds. The maximum atomic E-state index is 12.8. The van der Waals surface area contributed by atoms with Gasteiger partial charge in [-0.25, -0.2) is 8.42 Å². The van der Waals surface area contributed by atoms with E-state index in [1.165, 1.54) is 10.4 Å². The highest BCUT2D eigenvalue weighted by atomic mass is 32.2. The largest absolute Gasteiger partial charge is 0.311 e. The van der Waals surface area contributed by atoms with E-state index in [-0.39, 0.29) is 22.8 Å². The SMILES string of the molecule is CCC(=O)c1cccc(S(=O)(=O)N2CCNC(C)C2C)c1. The van der Waals surface area contributed by atoms with Gasteiger partial charge in [0, 0.05) is 37.2 Å². The van der Waals surface area contributed by atoms with Gasteiger partial charge in [-0.1, -0.05) is 19.1 Å². The number of nitrogens with zero attached hydrogens (tertiary/aromatic N) is 1. The molecule has 1 heterocycles. The summed E-state index contributed by atoms with van der Waals surface area (Å²) in [6, 6.07) is 6.32. The molecular weight excluding hydrogens is 288 g/mol. The zero-order chi connectivity index (χ0) is 15.6. The van der Waals surface area contributed by atoms with Crippen molar-refractivity contribution >= 4 is 15.8 Å². The van der Waals surface area contributed by atoms with Crippen LogP contribution in [-0.4, -0.2) is 43.7 Å². The predicted molar refractivity (Wildman–Crippen MR) is 81.9 cm³/mol. The molecule has 0 radical (unpaired) electrons. The predicted octanol–water partition coefficient (Wildman–Crippen LogP) is 1.65. The zero-order valence-electron chi connectivity index (χ0n) is 12.7. The number of sulfonamides is 1. The second-order valence-corrected chi connectivity index (χ2v) is 7.29. The Bertz CT molecular complexity index is 628. The number of piperazine rings is 1. The van der Waals surface area contributed by atoms with Gasteiger partial charge in [0.05, 0.1) is 4.90 Å². The molecule has 0 aliphatic carbocycles. The molecular formula is C15H22N2O3S. The first-order valence-electron chi connectivity index (χ1n) is 7.26. The normalized spacial score (nSPS) is 24.0. The Balaban J connectivity index is 2.37. The van der Waals surface area contributed by atoms with Crippen LogP contribution < -0.4 is 5.32 Å². The van der Waals surface area contributed by atoms with E-state index in [1.54, 1.807) is 25.1 Å². The van der Waals surface area contributed by atoms with E-state index in [9.17, 15) is 13.2 Å². The average molecular weight is 310 g/mol. The van der Waals surface area contributed by atoms with Crippen molar-refractivity contribution in [3.63, 3.8) is 0 Å². The van der Waals surface area contributed by atoms with E-state index >= 15 is 0 Å². The van der Waals surface area contributed by atoms with Crippen LogP contribution in [0.15, 0.2) is 29.2 Å². The molecule has 116 valence electrons. The Kier molecular flexibility index (Phi) is 4.81. The molecule has 21 heavy (non-hydrogen) atoms. The van der Waals surface area contributed by atoms with E-state index in [2.05, 4.69) is 5.32 Å². The van der Waals surface area contributed by atoms with Crippen molar-refractivity contribution in [2.24, 2.45) is 0 Å². The fourth-order valence-corrected chi connectivity index (χ4v) is 4.28. The van der Waals surface area contributed by atoms with Gasteiger partial charge >= 0.3 is 0 Å². The van der Waals surface area contributed by atoms with Crippen LogP contribution in [0.2, 0.25) is 0 Å². The average Bonchev–Trinajstić information content (AvgIpc) is 2.49. The molecule has 2 rings (SSSR count). The van der Waals surface area contributed by atoms with Crippen LogP contribution in [0, 0.1) is 0 Å². The summed E-state index contributed by atoms with van der Waals surface area (Å²) in [6.07, 6.45) is 0.366. The minimum absolute atomic E-state index is 0.0474. The van der Waals surface area contributed by atoms with Crippen molar-refractivity contribution in [1.29, 1.82) is 0 Å². The van der Waals surface area contributed by atoms with Crippen LogP contribution in [0.5, 0.6) is 0 Å². The lowest BCUT2D eigenvalue weighted by Gasteiger charge is -2.37. The third-order valence-electron chi connectivity index (χ3n) is 4.06. The van der Waals surface area contributed by atoms with Gasteiger partial charge in [-0.15, -0.1) is 0 Å². The fourth-order valence-electron chi connectivity index (χ4n) is 2.53. The molecule has 1 fully saturated rings. The molecule has 1 saturated heterocycles. The summed E-state index contributed by atoms with van der Waals surface area (Å²) in [5.74, 6) is -0.0474. The number of carbonyl (C=O) groups excluding carboxylic acids is 1. The smallest absolute Gasteiger partial charge is 0.243 e. The summed E-state index contributed by atoms with van der Waals surface area (Å²) in [5.41, 5.74) is 0.453. The fraction of sp³-hybridized carbons (Fsp3) is 0.533. The number of nitrogens with one attached hydrogen (secondary N) is 1. The van der Waals surface area contributed by atoms with Gasteiger partial charge in [0.25, 0.3) is 0 Å². The molecule has 1 aliphatic rings. The second-order valence-electron chi connectivity index (χ2n) is 5.40. The summed E-state index contributed by atoms with van der Waals surface area (Å²) < 4.78 is 27.1. The van der Waals surface area contributed by atoms with Gasteiger partial charge in [-0.3, -0.25) is 4.79 Å². The number of hydrogen-bond acceptors (Lipinski definition) is 4. The summed E-state index contributed by atoms with van der Waals surface area (Å²) >= 11 is 0. The standard InChI is InChI=1S/C15H22N2O3S/c1-4-15(18)13-6-5-7-14(10-13)21(19,20)17-9-8-16-11(2)12(17)3/h5-7,10-12,16H,4,8-9H2,1-3H3. The van der Waals surface area contributed by atoms with E-state index in [0.29, 0.717) is 25.1 Å². The topological polar surface area (TPSA) is 66.5 Å². The molecule has 1 aliphatic heterocycles. The van der Waals surface area contributed by atoms with Crippen molar-refractivity contribution in [2.75, 3.05) is 13.1 Å². The van der Waals surface area contributed by atoms with Crippen molar-refractivity contribution in [3.8, 4) is 0 Å². The van der Waals surface area contributed by atoms with Crippen LogP contribution in [0.4, 0.5) is 0 Å². The first kappa shape index (κ1) is 16.1. The summed E-state index contributed by atoms with van der Waals surface area (Å²) in [4.78, 5) is 12.0. The van der Waals surface area contributed by atoms with E-state index in [0.717, 1.165) is 0 Å². The molecule has 0 bridgehead atoms. The highest BCUT2D eigenvalue weighted by Gasteiger charge is 2.34. The number of rotatable bonds is 4. The van der Waals surface area contributed by atoms with Gasteiger partial charge in [-0.2, -0.15) is 4.31 Å². The lowest BCUT2D eigenvalue weighted by Crippen LogP contribution is -2.57. The number of Topliss-reactive ketones (excluding diaryl/α,β-unsaturated/α-hetero) is 1. The van der Waals surface area contributed by atoms with Gasteiger partial charge < -0.3 is 5.32 Å². The van der Waals surface area contributed by atoms with Crippen LogP contribution >= 0.6 is 0 Å². The molecule has 0 spiro atoms. The van der Waals surface area contributed by atoms with Gasteiger partial charge in [0.1, 0.15) is 0 Å². The highest BCUT2D eigenvalue weighted by molar-refractivity contribution is 7.89. The van der Waals surface area contributed by atoms with Crippen LogP contribution in [0.1, 0.15) is 37.6 Å². The van der Waals surface area contributed by atoms with E-state index in [1.807, 2.05) is 13.8 Å². The van der Waals surface area contributed by atoms with Crippen LogP contribution in [0.25, 0.3) is 0 Å². The second kappa shape index (κ2) is 6.25. The number of ketones is 1. The van der Waals surface area contributed by atoms with E-state index < -0.39 is 10.0 Å². The Morgan fingerprint density at radius 2 is 2.10 bits per heavy atom. The minimum Gasteiger partial charge on any atom is -0.311 e. The summed E-state index contributed by atoms with van der Waals surface area (Å²) in [5, 5.41) is 3.26. The molecule has 1 aromatic carbocycles. The first-order chi connectivity index (χ1) is 9.87. The number of hydrogen-bond donors (Lipinski definition) is 1. The monoisotopic (exact) mass is 310 g/mol. The van der Waals surface area contributed by atoms with Crippen molar-refractivity contribution in [3.05, 3.63) is 29.8 Å². The molecule has 2 atom stereocenters. The Hall–Kier alpha value is -1.24. The molecule has 0 saturated carbocycles. The molecule has 6 heteroatoms. The Labute approximate surface area is 126 Å². The maximum absolute atomic E-state index is 12.8. The molecule has 1 aromatic rings. The lowest BCUT2D eigenvalue weighted by molar-refractivity contribution is 0.0988. The highest BCUT2D eigenvalue weighted by Crippen LogP contribution is 2.22. The zero-order valence-corrected chi connectivity index (χ0v) is 13.5.